The Kier molecular flexibility index (Phi) is 8.73. The molecule has 5 nitrogen and oxygen atoms in total. The summed E-state index contributed by atoms with van der Waals surface area (Å²) in [6.07, 6.45) is 11.6. The van der Waals surface area contributed by atoms with Crippen LogP contribution >= 0.6 is 0 Å². The van der Waals surface area contributed by atoms with E-state index in [2.05, 4.69) is 24.0 Å². The third kappa shape index (κ3) is 7.30. The number of nitrogens with zero attached hydrogens (tertiary/aromatic N) is 2. The van der Waals surface area contributed by atoms with Crippen molar-refractivity contribution in [2.24, 2.45) is 0 Å². The minimum Gasteiger partial charge on any atom is -0.497 e. The first-order chi connectivity index (χ1) is 12.7. The summed E-state index contributed by atoms with van der Waals surface area (Å²) < 4.78 is 12.9. The lowest BCUT2D eigenvalue weighted by Crippen LogP contribution is -2.23. The largest absolute Gasteiger partial charge is 0.497 e. The first-order valence-electron chi connectivity index (χ1n) is 9.49. The van der Waals surface area contributed by atoms with E-state index >= 15 is 0 Å². The van der Waals surface area contributed by atoms with Crippen molar-refractivity contribution in [2.75, 3.05) is 7.11 Å². The van der Waals surface area contributed by atoms with Crippen LogP contribution < -0.4 is 4.74 Å². The van der Waals surface area contributed by atoms with Crippen LogP contribution in [0.5, 0.6) is 5.75 Å². The number of rotatable bonds is 12. The second-order valence-corrected chi connectivity index (χ2v) is 6.57. The number of aryl methyl sites for hydroxylation is 1. The van der Waals surface area contributed by atoms with E-state index in [-0.39, 0.29) is 12.1 Å². The standard InChI is InChI=1S/C21H30N2O3/c1-3-4-5-9-21(24)26-20(16-23-15-14-22-17-23)8-6-7-18-10-12-19(25-2)13-11-18/h10-15,17,20H,3-9,16H2,1-2H3. The van der Waals surface area contributed by atoms with Gasteiger partial charge < -0.3 is 14.0 Å². The highest BCUT2D eigenvalue weighted by Gasteiger charge is 2.15. The van der Waals surface area contributed by atoms with Gasteiger partial charge >= 0.3 is 5.97 Å². The Hall–Kier alpha value is -2.30. The molecular formula is C21H30N2O3. The van der Waals surface area contributed by atoms with Crippen LogP contribution in [-0.4, -0.2) is 28.7 Å². The van der Waals surface area contributed by atoms with Crippen molar-refractivity contribution in [3.05, 3.63) is 48.5 Å². The van der Waals surface area contributed by atoms with Crippen LogP contribution in [0.3, 0.4) is 0 Å². The average molecular weight is 358 g/mol. The fourth-order valence-corrected chi connectivity index (χ4v) is 2.91. The minimum atomic E-state index is -0.114. The first kappa shape index (κ1) is 20.0. The number of carbonyl (C=O) groups is 1. The molecule has 0 bridgehead atoms. The number of esters is 1. The Labute approximate surface area is 156 Å². The minimum absolute atomic E-state index is 0.0898. The lowest BCUT2D eigenvalue weighted by atomic mass is 10.1. The summed E-state index contributed by atoms with van der Waals surface area (Å²) in [7, 11) is 1.67. The van der Waals surface area contributed by atoms with Gasteiger partial charge in [0.25, 0.3) is 0 Å². The van der Waals surface area contributed by atoms with E-state index in [1.165, 1.54) is 5.56 Å². The first-order valence-corrected chi connectivity index (χ1v) is 9.49. The highest BCUT2D eigenvalue weighted by Crippen LogP contribution is 2.15. The SMILES string of the molecule is CCCCCC(=O)OC(CCCc1ccc(OC)cc1)Cn1ccnc1. The molecule has 0 saturated carbocycles. The molecule has 2 aromatic rings. The number of hydrogen-bond donors (Lipinski definition) is 0. The zero-order valence-electron chi connectivity index (χ0n) is 15.9. The van der Waals surface area contributed by atoms with Crippen LogP contribution in [0, 0.1) is 0 Å². The highest BCUT2D eigenvalue weighted by atomic mass is 16.5. The molecule has 0 radical (unpaired) electrons. The van der Waals surface area contributed by atoms with E-state index < -0.39 is 0 Å². The summed E-state index contributed by atoms with van der Waals surface area (Å²) in [6, 6.07) is 8.12. The van der Waals surface area contributed by atoms with Gasteiger partial charge in [0.05, 0.1) is 20.0 Å². The number of ether oxygens (including phenoxy) is 2. The van der Waals surface area contributed by atoms with E-state index in [0.717, 1.165) is 44.3 Å². The molecule has 0 N–H and O–H groups in total. The molecule has 0 fully saturated rings. The fourth-order valence-electron chi connectivity index (χ4n) is 2.91. The number of hydrogen-bond acceptors (Lipinski definition) is 4. The zero-order valence-corrected chi connectivity index (χ0v) is 15.9. The van der Waals surface area contributed by atoms with Crippen molar-refractivity contribution in [1.82, 2.24) is 9.55 Å². The molecule has 1 unspecified atom stereocenters. The zero-order chi connectivity index (χ0) is 18.6. The molecule has 0 aliphatic carbocycles. The molecule has 1 aromatic carbocycles. The van der Waals surface area contributed by atoms with Gasteiger partial charge in [-0.3, -0.25) is 4.79 Å². The Balaban J connectivity index is 1.82. The maximum absolute atomic E-state index is 12.1. The Morgan fingerprint density at radius 3 is 2.65 bits per heavy atom. The van der Waals surface area contributed by atoms with E-state index in [1.807, 2.05) is 22.9 Å². The van der Waals surface area contributed by atoms with Gasteiger partial charge in [0, 0.05) is 18.8 Å². The number of carbonyl (C=O) groups excluding carboxylic acids is 1. The van der Waals surface area contributed by atoms with Crippen molar-refractivity contribution in [3.63, 3.8) is 0 Å². The molecule has 0 amide bonds. The van der Waals surface area contributed by atoms with Gasteiger partial charge in [-0.2, -0.15) is 0 Å². The van der Waals surface area contributed by atoms with Gasteiger partial charge in [-0.05, 0) is 43.4 Å². The van der Waals surface area contributed by atoms with Crippen LogP contribution in [0.4, 0.5) is 0 Å². The number of unbranched alkanes of at least 4 members (excludes halogenated alkanes) is 2. The molecule has 26 heavy (non-hydrogen) atoms. The number of benzene rings is 1. The number of imidazole rings is 1. The summed E-state index contributed by atoms with van der Waals surface area (Å²) >= 11 is 0. The highest BCUT2D eigenvalue weighted by molar-refractivity contribution is 5.69. The van der Waals surface area contributed by atoms with Crippen LogP contribution in [0.2, 0.25) is 0 Å². The molecule has 0 spiro atoms. The van der Waals surface area contributed by atoms with Crippen molar-refractivity contribution >= 4 is 5.97 Å². The monoisotopic (exact) mass is 358 g/mol. The Morgan fingerprint density at radius 1 is 1.19 bits per heavy atom. The van der Waals surface area contributed by atoms with Crippen molar-refractivity contribution in [3.8, 4) is 5.75 Å². The van der Waals surface area contributed by atoms with E-state index in [0.29, 0.717) is 13.0 Å². The second-order valence-electron chi connectivity index (χ2n) is 6.57. The summed E-state index contributed by atoms with van der Waals surface area (Å²) in [5, 5.41) is 0. The predicted octanol–water partition coefficient (Wildman–Crippen LogP) is 4.41. The molecule has 0 aliphatic heterocycles. The van der Waals surface area contributed by atoms with Crippen LogP contribution in [0.25, 0.3) is 0 Å². The Morgan fingerprint density at radius 2 is 2.00 bits per heavy atom. The summed E-state index contributed by atoms with van der Waals surface area (Å²) in [5.74, 6) is 0.778. The van der Waals surface area contributed by atoms with Gasteiger partial charge in [-0.25, -0.2) is 4.98 Å². The van der Waals surface area contributed by atoms with Gasteiger partial charge in [-0.1, -0.05) is 31.9 Å². The third-order valence-corrected chi connectivity index (χ3v) is 4.41. The lowest BCUT2D eigenvalue weighted by Gasteiger charge is -2.18. The smallest absolute Gasteiger partial charge is 0.306 e. The molecule has 5 heteroatoms. The number of methoxy groups -OCH3 is 1. The molecule has 1 atom stereocenters. The molecule has 1 aromatic heterocycles. The lowest BCUT2D eigenvalue weighted by molar-refractivity contribution is -0.150. The van der Waals surface area contributed by atoms with Gasteiger partial charge in [0.2, 0.25) is 0 Å². The quantitative estimate of drug-likeness (QED) is 0.417. The van der Waals surface area contributed by atoms with Crippen LogP contribution in [0.15, 0.2) is 43.0 Å². The van der Waals surface area contributed by atoms with Gasteiger partial charge in [0.15, 0.2) is 0 Å². The molecular weight excluding hydrogens is 328 g/mol. The Bertz CT molecular complexity index is 623. The molecule has 0 saturated heterocycles. The predicted molar refractivity (Wildman–Crippen MR) is 102 cm³/mol. The normalized spacial score (nSPS) is 11.9. The van der Waals surface area contributed by atoms with Crippen LogP contribution in [0.1, 0.15) is 51.0 Å². The summed E-state index contributed by atoms with van der Waals surface area (Å²) in [6.45, 7) is 2.79. The van der Waals surface area contributed by atoms with Gasteiger partial charge in [-0.15, -0.1) is 0 Å². The molecule has 0 aliphatic rings. The van der Waals surface area contributed by atoms with E-state index in [4.69, 9.17) is 9.47 Å². The van der Waals surface area contributed by atoms with Crippen LogP contribution in [-0.2, 0) is 22.5 Å². The van der Waals surface area contributed by atoms with E-state index in [9.17, 15) is 4.79 Å². The summed E-state index contributed by atoms with van der Waals surface area (Å²) in [5.41, 5.74) is 1.27. The van der Waals surface area contributed by atoms with Crippen molar-refractivity contribution in [1.29, 1.82) is 0 Å². The third-order valence-electron chi connectivity index (χ3n) is 4.41. The second kappa shape index (κ2) is 11.3. The molecule has 2 rings (SSSR count). The van der Waals surface area contributed by atoms with Gasteiger partial charge in [0.1, 0.15) is 11.9 Å². The average Bonchev–Trinajstić information content (AvgIpc) is 3.15. The maximum atomic E-state index is 12.1. The van der Waals surface area contributed by atoms with Crippen molar-refractivity contribution < 1.29 is 14.3 Å². The topological polar surface area (TPSA) is 53.4 Å². The maximum Gasteiger partial charge on any atom is 0.306 e. The summed E-state index contributed by atoms with van der Waals surface area (Å²) in [4.78, 5) is 16.2. The van der Waals surface area contributed by atoms with E-state index in [1.54, 1.807) is 19.6 Å². The number of aromatic nitrogens is 2. The molecule has 1 heterocycles. The molecule has 142 valence electrons. The van der Waals surface area contributed by atoms with Crippen molar-refractivity contribution in [2.45, 2.75) is 64.5 Å². The fraction of sp³-hybridized carbons (Fsp3) is 0.524.